The molecule has 12 rings (SSSR count). The lowest BCUT2D eigenvalue weighted by Gasteiger charge is -2.35. The van der Waals surface area contributed by atoms with Gasteiger partial charge in [0.05, 0.1) is 36.7 Å². The van der Waals surface area contributed by atoms with E-state index in [1.165, 1.54) is 11.0 Å². The minimum Gasteiger partial charge on any atom is -0.491 e. The summed E-state index contributed by atoms with van der Waals surface area (Å²) in [5.41, 5.74) is 9.21. The predicted molar refractivity (Wildman–Crippen MR) is 298 cm³/mol. The quantitative estimate of drug-likeness (QED) is 0.0823. The van der Waals surface area contributed by atoms with Crippen LogP contribution in [0.4, 0.5) is 44.2 Å². The number of nitrogens with zero attached hydrogens (tertiary/aromatic N) is 10. The number of carbonyl (C=O) groups is 4. The molecule has 6 aromatic heterocycles. The Morgan fingerprint density at radius 1 is 0.667 bits per heavy atom. The van der Waals surface area contributed by atoms with Gasteiger partial charge in [-0.05, 0) is 107 Å². The van der Waals surface area contributed by atoms with Gasteiger partial charge >= 0.3 is 18.0 Å². The second-order valence-corrected chi connectivity index (χ2v) is 20.9. The molecule has 0 radical (unpaired) electrons. The highest BCUT2D eigenvalue weighted by Crippen LogP contribution is 2.41. The third-order valence-electron chi connectivity index (χ3n) is 14.1. The number of carbonyl (C=O) groups excluding carboxylic acids is 3. The maximum absolute atomic E-state index is 13.6. The van der Waals surface area contributed by atoms with Gasteiger partial charge in [0.25, 0.3) is 0 Å². The number of ether oxygens (including phenoxy) is 6. The van der Waals surface area contributed by atoms with Gasteiger partial charge in [0.1, 0.15) is 54.3 Å². The number of nitrogens with two attached hydrogens (primary N) is 1. The molecule has 0 aliphatic carbocycles. The number of rotatable bonds is 14. The van der Waals surface area contributed by atoms with Crippen LogP contribution in [0.5, 0.6) is 11.5 Å². The second-order valence-electron chi connectivity index (χ2n) is 20.9. The maximum atomic E-state index is 13.6. The molecule has 424 valence electrons. The fraction of sp³-hybridized carbons (Fsp3) is 0.404. The van der Waals surface area contributed by atoms with Gasteiger partial charge in [-0.2, -0.15) is 0 Å². The lowest BCUT2D eigenvalue weighted by atomic mass is 10.1. The molecule has 24 heteroatoms. The SMILES string of the molecule is CC1(C)OC[C@H](COc2ccnc(NC(=O)N3c4nc(C(=O)CCc5cccnc5)ccc4N4CC[C@H]3C4)c2)O1.CC1(C)OC[C@H](COc2ccnc(NC(=O)N3c4nc(C(=O)O)ccc4N4CC[C@H]3C4)c2)O1.NCc1cccnc1. The monoisotopic (exact) mass is 1110 g/mol. The molecule has 5 N–H and O–H groups in total. The Bertz CT molecular complexity index is 3210. The van der Waals surface area contributed by atoms with Crippen molar-refractivity contribution in [1.82, 2.24) is 29.9 Å². The number of pyridine rings is 6. The third kappa shape index (κ3) is 13.8. The van der Waals surface area contributed by atoms with Gasteiger partial charge in [0, 0.05) is 88.5 Å². The van der Waals surface area contributed by atoms with Gasteiger partial charge in [-0.3, -0.25) is 35.2 Å². The van der Waals surface area contributed by atoms with E-state index in [2.05, 4.69) is 45.4 Å². The highest BCUT2D eigenvalue weighted by molar-refractivity contribution is 6.06. The van der Waals surface area contributed by atoms with E-state index in [4.69, 9.17) is 39.1 Å². The van der Waals surface area contributed by atoms with Gasteiger partial charge in [0.15, 0.2) is 34.7 Å². The van der Waals surface area contributed by atoms with Crippen LogP contribution in [0, 0.1) is 0 Å². The van der Waals surface area contributed by atoms with E-state index in [9.17, 15) is 24.3 Å². The normalized spacial score (nSPS) is 20.4. The molecule has 0 spiro atoms. The van der Waals surface area contributed by atoms with Crippen molar-refractivity contribution in [3.63, 3.8) is 0 Å². The molecule has 4 saturated heterocycles. The van der Waals surface area contributed by atoms with Crippen molar-refractivity contribution in [1.29, 1.82) is 0 Å². The molecule has 81 heavy (non-hydrogen) atoms. The third-order valence-corrected chi connectivity index (χ3v) is 14.1. The fourth-order valence-corrected chi connectivity index (χ4v) is 10.2. The molecule has 4 fully saturated rings. The summed E-state index contributed by atoms with van der Waals surface area (Å²) in [5.74, 6) is 0.139. The smallest absolute Gasteiger partial charge is 0.354 e. The van der Waals surface area contributed by atoms with Crippen LogP contribution in [-0.2, 0) is 31.9 Å². The molecule has 4 amide bonds. The minimum atomic E-state index is -1.14. The number of anilines is 6. The summed E-state index contributed by atoms with van der Waals surface area (Å²) in [7, 11) is 0. The largest absolute Gasteiger partial charge is 0.491 e. The molecular formula is C57H65N13O11. The number of aromatic nitrogens is 6. The van der Waals surface area contributed by atoms with Crippen LogP contribution in [0.3, 0.4) is 0 Å². The van der Waals surface area contributed by atoms with Gasteiger partial charge in [-0.15, -0.1) is 0 Å². The molecule has 0 unspecified atom stereocenters. The first-order valence-corrected chi connectivity index (χ1v) is 26.8. The number of aromatic carboxylic acids is 1. The molecule has 4 bridgehead atoms. The van der Waals surface area contributed by atoms with Crippen molar-refractivity contribution >= 4 is 58.5 Å². The predicted octanol–water partition coefficient (Wildman–Crippen LogP) is 6.72. The standard InChI is InChI=1S/C29H32N6O5.C22H25N5O6.C6H8N2/c1-29(2)39-18-22(40-29)17-38-21-9-12-31-26(14-21)33-28(37)35-20-10-13-34(16-20)24-7-6-23(32-27(24)35)25(36)8-5-19-4-3-11-30-15-19;1-22(2)32-12-15(33-22)11-31-14-5-7-23-18(9-14)25-21(30)27-13-6-8-26(10-13)17-4-3-16(20(28)29)24-19(17)27;7-4-6-2-1-3-8-5-6/h3-4,6-7,9,11-12,14-15,20,22H,5,8,10,13,16-18H2,1-2H3,(H,31,33,37);3-5,7,9,13,15H,6,8,10-12H2,1-2H3,(H,28,29)(H,23,25,30);1-3,5H,4,7H2/t20-,22-;13-,15-;/m00./s1. The lowest BCUT2D eigenvalue weighted by Crippen LogP contribution is -2.48. The number of Topliss-reactive ketones (excluding diaryl/α,β-unsaturated/α-hetero) is 1. The Hall–Kier alpha value is -8.42. The summed E-state index contributed by atoms with van der Waals surface area (Å²) in [5, 5.41) is 15.0. The first-order valence-electron chi connectivity index (χ1n) is 26.8. The van der Waals surface area contributed by atoms with Crippen LogP contribution >= 0.6 is 0 Å². The van der Waals surface area contributed by atoms with E-state index in [1.807, 2.05) is 58.0 Å². The zero-order chi connectivity index (χ0) is 56.7. The van der Waals surface area contributed by atoms with E-state index < -0.39 is 23.6 Å². The number of aryl methyl sites for hydroxylation is 1. The van der Waals surface area contributed by atoms with E-state index in [1.54, 1.807) is 78.5 Å². The van der Waals surface area contributed by atoms with E-state index in [0.29, 0.717) is 99.4 Å². The van der Waals surface area contributed by atoms with Crippen LogP contribution in [0.2, 0.25) is 0 Å². The highest BCUT2D eigenvalue weighted by atomic mass is 16.8. The molecular weight excluding hydrogens is 1040 g/mol. The van der Waals surface area contributed by atoms with Crippen LogP contribution in [0.25, 0.3) is 0 Å². The number of carboxylic acid groups (broad SMARTS) is 1. The summed E-state index contributed by atoms with van der Waals surface area (Å²) < 4.78 is 34.3. The summed E-state index contributed by atoms with van der Waals surface area (Å²) in [4.78, 5) is 84.3. The molecule has 24 nitrogen and oxygen atoms in total. The first-order chi connectivity index (χ1) is 39.1. The summed E-state index contributed by atoms with van der Waals surface area (Å²) >= 11 is 0. The maximum Gasteiger partial charge on any atom is 0.354 e. The summed E-state index contributed by atoms with van der Waals surface area (Å²) in [6, 6.07) is 20.3. The Kier molecular flexibility index (Phi) is 16.9. The number of amides is 4. The number of carboxylic acids is 1. The summed E-state index contributed by atoms with van der Waals surface area (Å²) in [6.07, 6.45) is 12.2. The minimum absolute atomic E-state index is 0.0527. The topological polar surface area (TPSA) is 284 Å². The van der Waals surface area contributed by atoms with Gasteiger partial charge in [-0.1, -0.05) is 12.1 Å². The highest BCUT2D eigenvalue weighted by Gasteiger charge is 2.43. The van der Waals surface area contributed by atoms with Crippen molar-refractivity contribution in [3.8, 4) is 11.5 Å². The zero-order valence-electron chi connectivity index (χ0n) is 45.5. The average Bonchev–Trinajstić information content (AvgIpc) is 4.38. The van der Waals surface area contributed by atoms with E-state index in [0.717, 1.165) is 48.4 Å². The van der Waals surface area contributed by atoms with E-state index >= 15 is 0 Å². The van der Waals surface area contributed by atoms with Crippen LogP contribution in [-0.4, -0.2) is 147 Å². The van der Waals surface area contributed by atoms with Crippen LogP contribution in [0.15, 0.2) is 110 Å². The zero-order valence-corrected chi connectivity index (χ0v) is 45.5. The number of nitrogens with one attached hydrogen (secondary N) is 2. The van der Waals surface area contributed by atoms with Crippen molar-refractivity contribution < 1.29 is 52.7 Å². The first kappa shape index (κ1) is 55.9. The fourth-order valence-electron chi connectivity index (χ4n) is 10.2. The van der Waals surface area contributed by atoms with E-state index in [-0.39, 0.29) is 41.8 Å². The Morgan fingerprint density at radius 3 is 1.60 bits per heavy atom. The molecule has 6 aromatic rings. The Morgan fingerprint density at radius 2 is 1.16 bits per heavy atom. The van der Waals surface area contributed by atoms with Crippen molar-refractivity contribution in [2.45, 2.75) is 95.8 Å². The molecule has 12 heterocycles. The van der Waals surface area contributed by atoms with Crippen molar-refractivity contribution in [2.75, 3.05) is 82.8 Å². The number of fused-ring (bicyclic) bond motifs is 8. The molecule has 0 aromatic carbocycles. The van der Waals surface area contributed by atoms with Crippen LogP contribution in [0.1, 0.15) is 79.1 Å². The Balaban J connectivity index is 0.000000162. The second kappa shape index (κ2) is 24.5. The van der Waals surface area contributed by atoms with Gasteiger partial charge in [-0.25, -0.2) is 34.3 Å². The van der Waals surface area contributed by atoms with Gasteiger partial charge < -0.3 is 49.1 Å². The number of ketones is 1. The molecule has 0 saturated carbocycles. The van der Waals surface area contributed by atoms with Gasteiger partial charge in [0.2, 0.25) is 0 Å². The van der Waals surface area contributed by atoms with Crippen LogP contribution < -0.4 is 45.4 Å². The average molecular weight is 1110 g/mol. The van der Waals surface area contributed by atoms with Crippen molar-refractivity contribution in [3.05, 3.63) is 132 Å². The van der Waals surface area contributed by atoms with Crippen molar-refractivity contribution in [2.24, 2.45) is 5.73 Å². The summed E-state index contributed by atoms with van der Waals surface area (Å²) in [6.45, 7) is 12.5. The Labute approximate surface area is 467 Å². The number of hydrogen-bond acceptors (Lipinski definition) is 19. The molecule has 4 atom stereocenters. The number of urea groups is 2. The lowest BCUT2D eigenvalue weighted by molar-refractivity contribution is -0.141. The number of hydrogen-bond donors (Lipinski definition) is 4. The molecule has 6 aliphatic heterocycles. The molecule has 6 aliphatic rings.